The molecule has 20 rings (SSSR count). The standard InChI is InChI=1S/C52H34N6.C18H14N2.C17H11BrN2/c1-5-26-47-41(20-1)42-21-2-6-27-48(42)56(47)38-17-9-14-35(32-38)55(36-15-10-18-39(33-36)57-49-28-7-3-22-43(49)45-24-12-30-53-51(45)57)37-16-11-19-40(34-37)58-50-29-8-4-23-44(50)46-25-13-31-54-52(46)58;19-13-6-5-7-14(12-13)20-17-10-3-1-8-15(17)16-9-2-4-11-18(16)20;18-12-5-3-6-13(11-12)20-16-9-2-1-7-14(16)15-8-4-10-19-17(15)20/h1-34H;1-12H,19H2;1-11H. The van der Waals surface area contributed by atoms with Gasteiger partial charge in [0.05, 0.1) is 38.6 Å². The van der Waals surface area contributed by atoms with Crippen LogP contribution in [0.25, 0.3) is 138 Å². The molecule has 10 nitrogen and oxygen atoms in total. The summed E-state index contributed by atoms with van der Waals surface area (Å²) in [6.07, 6.45) is 5.60. The molecule has 0 fully saturated rings. The van der Waals surface area contributed by atoms with E-state index in [4.69, 9.17) is 15.7 Å². The number of aromatic nitrogens is 8. The Morgan fingerprint density at radius 2 is 0.490 bits per heavy atom. The minimum Gasteiger partial charge on any atom is -0.399 e. The summed E-state index contributed by atoms with van der Waals surface area (Å²) < 4.78 is 12.5. The van der Waals surface area contributed by atoms with Gasteiger partial charge in [0.15, 0.2) is 0 Å². The number of anilines is 4. The van der Waals surface area contributed by atoms with Crippen molar-refractivity contribution in [1.82, 2.24) is 37.8 Å². The van der Waals surface area contributed by atoms with Crippen molar-refractivity contribution in [3.63, 3.8) is 0 Å². The average Bonchev–Trinajstić information content (AvgIpc) is 1.60. The number of benzene rings is 12. The zero-order chi connectivity index (χ0) is 65.2. The van der Waals surface area contributed by atoms with Crippen molar-refractivity contribution in [1.29, 1.82) is 0 Å². The maximum absolute atomic E-state index is 5.94. The molecule has 0 aliphatic rings. The lowest BCUT2D eigenvalue weighted by Crippen LogP contribution is -2.12. The average molecular weight is 1320 g/mol. The lowest BCUT2D eigenvalue weighted by atomic mass is 10.1. The van der Waals surface area contributed by atoms with E-state index in [0.717, 1.165) is 94.4 Å². The van der Waals surface area contributed by atoms with Crippen molar-refractivity contribution in [2.45, 2.75) is 0 Å². The Morgan fingerprint density at radius 1 is 0.235 bits per heavy atom. The number of nitrogens with two attached hydrogens (primary N) is 1. The molecule has 0 aliphatic carbocycles. The molecule has 0 saturated heterocycles. The zero-order valence-corrected chi connectivity index (χ0v) is 54.5. The van der Waals surface area contributed by atoms with Gasteiger partial charge in [0.1, 0.15) is 16.9 Å². The van der Waals surface area contributed by atoms with Crippen LogP contribution in [-0.2, 0) is 0 Å². The Labute approximate surface area is 571 Å². The zero-order valence-electron chi connectivity index (χ0n) is 52.9. The van der Waals surface area contributed by atoms with E-state index in [0.29, 0.717) is 0 Å². The number of nitrogen functional groups attached to an aromatic ring is 1. The van der Waals surface area contributed by atoms with E-state index in [1.165, 1.54) is 70.7 Å². The summed E-state index contributed by atoms with van der Waals surface area (Å²) in [7, 11) is 0. The van der Waals surface area contributed by atoms with Crippen molar-refractivity contribution in [2.24, 2.45) is 0 Å². The van der Waals surface area contributed by atoms with Crippen LogP contribution < -0.4 is 10.6 Å². The highest BCUT2D eigenvalue weighted by Crippen LogP contribution is 2.42. The lowest BCUT2D eigenvalue weighted by molar-refractivity contribution is 1.12. The van der Waals surface area contributed by atoms with Gasteiger partial charge in [0.25, 0.3) is 0 Å². The number of rotatable bonds is 8. The highest BCUT2D eigenvalue weighted by Gasteiger charge is 2.22. The van der Waals surface area contributed by atoms with Crippen LogP contribution in [0.1, 0.15) is 0 Å². The molecule has 20 aromatic rings. The second kappa shape index (κ2) is 24.2. The van der Waals surface area contributed by atoms with Gasteiger partial charge < -0.3 is 19.8 Å². The van der Waals surface area contributed by atoms with E-state index in [9.17, 15) is 0 Å². The van der Waals surface area contributed by atoms with Crippen molar-refractivity contribution in [3.05, 3.63) is 351 Å². The Morgan fingerprint density at radius 3 is 0.816 bits per heavy atom. The molecule has 0 atom stereocenters. The van der Waals surface area contributed by atoms with Crippen LogP contribution in [0.3, 0.4) is 0 Å². The fourth-order valence-electron chi connectivity index (χ4n) is 14.6. The largest absolute Gasteiger partial charge is 0.399 e. The predicted octanol–water partition coefficient (Wildman–Crippen LogP) is 22.5. The maximum Gasteiger partial charge on any atom is 0.145 e. The number of nitrogens with zero attached hydrogens (tertiary/aromatic N) is 9. The molecular formula is C87H59BrN10. The first-order valence-corrected chi connectivity index (χ1v) is 33.5. The summed E-state index contributed by atoms with van der Waals surface area (Å²) in [5, 5.41) is 12.0. The first-order chi connectivity index (χ1) is 48.5. The third-order valence-corrected chi connectivity index (χ3v) is 19.2. The van der Waals surface area contributed by atoms with Gasteiger partial charge in [-0.1, -0.05) is 174 Å². The van der Waals surface area contributed by atoms with Gasteiger partial charge in [0, 0.05) is 128 Å². The van der Waals surface area contributed by atoms with E-state index in [-0.39, 0.29) is 0 Å². The van der Waals surface area contributed by atoms with Gasteiger partial charge in [-0.2, -0.15) is 0 Å². The predicted molar refractivity (Wildman–Crippen MR) is 411 cm³/mol. The van der Waals surface area contributed by atoms with Crippen LogP contribution in [-0.4, -0.2) is 37.8 Å². The third-order valence-electron chi connectivity index (χ3n) is 18.7. The van der Waals surface area contributed by atoms with Crippen LogP contribution in [0.4, 0.5) is 22.7 Å². The molecular weight excluding hydrogens is 1260 g/mol. The van der Waals surface area contributed by atoms with Crippen molar-refractivity contribution in [2.75, 3.05) is 10.6 Å². The molecule has 98 heavy (non-hydrogen) atoms. The lowest BCUT2D eigenvalue weighted by Gasteiger charge is -2.27. The Hall–Kier alpha value is -12.8. The topological polar surface area (TPSA) is 92.6 Å². The van der Waals surface area contributed by atoms with Crippen molar-refractivity contribution < 1.29 is 0 Å². The van der Waals surface area contributed by atoms with Gasteiger partial charge in [-0.15, -0.1) is 0 Å². The Kier molecular flexibility index (Phi) is 14.3. The van der Waals surface area contributed by atoms with Gasteiger partial charge in [-0.25, -0.2) is 15.0 Å². The third kappa shape index (κ3) is 9.82. The van der Waals surface area contributed by atoms with Gasteiger partial charge in [0.2, 0.25) is 0 Å². The normalized spacial score (nSPS) is 11.6. The van der Waals surface area contributed by atoms with Crippen molar-refractivity contribution in [3.8, 4) is 28.4 Å². The number of hydrogen-bond donors (Lipinski definition) is 1. The molecule has 0 bridgehead atoms. The van der Waals surface area contributed by atoms with Crippen LogP contribution in [0, 0.1) is 0 Å². The number of hydrogen-bond acceptors (Lipinski definition) is 5. The fourth-order valence-corrected chi connectivity index (χ4v) is 15.0. The van der Waals surface area contributed by atoms with E-state index in [1.807, 2.05) is 67.1 Å². The number of pyridine rings is 3. The minimum absolute atomic E-state index is 0.782. The number of halogens is 1. The van der Waals surface area contributed by atoms with Crippen LogP contribution in [0.5, 0.6) is 0 Å². The monoisotopic (exact) mass is 1320 g/mol. The van der Waals surface area contributed by atoms with E-state index < -0.39 is 0 Å². The first kappa shape index (κ1) is 57.8. The molecule has 0 radical (unpaired) electrons. The number of fused-ring (bicyclic) bond motifs is 15. The van der Waals surface area contributed by atoms with Crippen LogP contribution in [0.2, 0.25) is 0 Å². The van der Waals surface area contributed by atoms with Crippen LogP contribution >= 0.6 is 15.9 Å². The van der Waals surface area contributed by atoms with Gasteiger partial charge >= 0.3 is 0 Å². The molecule has 0 aliphatic heterocycles. The molecule has 0 spiro atoms. The molecule has 464 valence electrons. The molecule has 8 heterocycles. The molecule has 2 N–H and O–H groups in total. The minimum atomic E-state index is 0.782. The van der Waals surface area contributed by atoms with Crippen LogP contribution in [0.15, 0.2) is 351 Å². The Balaban J connectivity index is 0.000000140. The molecule has 0 amide bonds. The summed E-state index contributed by atoms with van der Waals surface area (Å²) in [6.45, 7) is 0. The molecule has 0 unspecified atom stereocenters. The first-order valence-electron chi connectivity index (χ1n) is 32.7. The summed E-state index contributed by atoms with van der Waals surface area (Å²) >= 11 is 3.54. The van der Waals surface area contributed by atoms with Gasteiger partial charge in [-0.3, -0.25) is 13.7 Å². The second-order valence-electron chi connectivity index (χ2n) is 24.4. The summed E-state index contributed by atoms with van der Waals surface area (Å²) in [6, 6.07) is 115. The molecule has 8 aromatic heterocycles. The highest BCUT2D eigenvalue weighted by molar-refractivity contribution is 9.10. The van der Waals surface area contributed by atoms with Crippen molar-refractivity contribution >= 4 is 148 Å². The molecule has 11 heteroatoms. The van der Waals surface area contributed by atoms with E-state index in [2.05, 4.69) is 328 Å². The summed E-state index contributed by atoms with van der Waals surface area (Å²) in [5.74, 6) is 0. The molecule has 0 saturated carbocycles. The molecule has 12 aromatic carbocycles. The second-order valence-corrected chi connectivity index (χ2v) is 25.3. The van der Waals surface area contributed by atoms with E-state index in [1.54, 1.807) is 0 Å². The van der Waals surface area contributed by atoms with Gasteiger partial charge in [-0.05, 0) is 170 Å². The quantitative estimate of drug-likeness (QED) is 0.153. The smallest absolute Gasteiger partial charge is 0.145 e. The Bertz CT molecular complexity index is 5670. The number of para-hydroxylation sites is 7. The fraction of sp³-hybridized carbons (Fsp3) is 0. The maximum atomic E-state index is 5.94. The summed E-state index contributed by atoms with van der Waals surface area (Å²) in [4.78, 5) is 16.7. The summed E-state index contributed by atoms with van der Waals surface area (Å²) in [5.41, 5.74) is 26.2. The highest BCUT2D eigenvalue weighted by atomic mass is 79.9. The van der Waals surface area contributed by atoms with E-state index >= 15 is 0 Å². The SMILES string of the molecule is Brc1cccc(-n2c3ccccc3c3cccnc32)c1.Nc1cccc(-n2c3ccccc3c3ccccc32)c1.c1cc(N(c2cccc(-n3c4ccccc4c4cccnc43)c2)c2cccc(-n3c4ccccc4c4cccnc43)c2)cc(-n2c3ccccc3c3ccccc32)c1.